The van der Waals surface area contributed by atoms with Gasteiger partial charge in [-0.05, 0) is 29.7 Å². The Bertz CT molecular complexity index is 786. The number of carbonyl (C=O) groups is 2. The largest absolute Gasteiger partial charge is 0.323 e. The molecule has 0 aromatic heterocycles. The van der Waals surface area contributed by atoms with Crippen molar-refractivity contribution in [2.75, 3.05) is 16.8 Å². The van der Waals surface area contributed by atoms with Crippen LogP contribution in [0.4, 0.5) is 11.4 Å². The van der Waals surface area contributed by atoms with Gasteiger partial charge in [0.05, 0.1) is 15.7 Å². The number of hydrogen-bond acceptors (Lipinski definition) is 2. The van der Waals surface area contributed by atoms with Crippen molar-refractivity contribution < 1.29 is 9.59 Å². The first-order chi connectivity index (χ1) is 12.3. The van der Waals surface area contributed by atoms with E-state index < -0.39 is 0 Å². The van der Waals surface area contributed by atoms with Crippen molar-refractivity contribution in [1.29, 1.82) is 0 Å². The Morgan fingerprint density at radius 2 is 1.65 bits per heavy atom. The highest BCUT2D eigenvalue weighted by atomic mass is 35.5. The molecule has 0 aliphatic heterocycles. The van der Waals surface area contributed by atoms with E-state index in [1.54, 1.807) is 23.1 Å². The summed E-state index contributed by atoms with van der Waals surface area (Å²) >= 11 is 12.1. The second-order valence-corrected chi connectivity index (χ2v) is 7.09. The Balaban J connectivity index is 2.12. The van der Waals surface area contributed by atoms with Crippen molar-refractivity contribution in [1.82, 2.24) is 0 Å². The summed E-state index contributed by atoms with van der Waals surface area (Å²) in [7, 11) is 0. The molecule has 0 saturated carbocycles. The third-order valence-corrected chi connectivity index (χ3v) is 4.65. The number of anilines is 2. The molecule has 2 rings (SSSR count). The molecule has 0 atom stereocenters. The van der Waals surface area contributed by atoms with Crippen molar-refractivity contribution in [3.8, 4) is 0 Å². The second-order valence-electron chi connectivity index (χ2n) is 6.28. The first kappa shape index (κ1) is 20.3. The highest BCUT2D eigenvalue weighted by Crippen LogP contribution is 2.30. The van der Waals surface area contributed by atoms with Crippen LogP contribution < -0.4 is 10.2 Å². The van der Waals surface area contributed by atoms with Crippen LogP contribution in [-0.4, -0.2) is 18.4 Å². The molecule has 0 aliphatic carbocycles. The zero-order chi connectivity index (χ0) is 19.3. The number of nitrogens with one attached hydrogen (secondary N) is 1. The van der Waals surface area contributed by atoms with Gasteiger partial charge in [-0.1, -0.05) is 61.3 Å². The van der Waals surface area contributed by atoms with Gasteiger partial charge < -0.3 is 10.2 Å². The Kier molecular flexibility index (Phi) is 7.06. The van der Waals surface area contributed by atoms with E-state index in [0.717, 1.165) is 11.3 Å². The number of para-hydroxylation sites is 2. The number of rotatable bonds is 6. The monoisotopic (exact) mass is 392 g/mol. The maximum absolute atomic E-state index is 12.3. The summed E-state index contributed by atoms with van der Waals surface area (Å²) in [5.41, 5.74) is 2.29. The fourth-order valence-corrected chi connectivity index (χ4v) is 3.19. The Labute approximate surface area is 164 Å². The third kappa shape index (κ3) is 4.99. The molecular weight excluding hydrogens is 371 g/mol. The van der Waals surface area contributed by atoms with Crippen LogP contribution in [0.2, 0.25) is 10.0 Å². The maximum atomic E-state index is 12.3. The number of halogens is 2. The predicted octanol–water partition coefficient (Wildman–Crippen LogP) is 5.50. The lowest BCUT2D eigenvalue weighted by Gasteiger charge is -2.25. The Morgan fingerprint density at radius 3 is 2.23 bits per heavy atom. The van der Waals surface area contributed by atoms with Gasteiger partial charge in [0.1, 0.15) is 0 Å². The molecule has 0 bridgehead atoms. The molecule has 2 aromatic rings. The van der Waals surface area contributed by atoms with Gasteiger partial charge in [0.25, 0.3) is 0 Å². The first-order valence-electron chi connectivity index (χ1n) is 8.42. The first-order valence-corrected chi connectivity index (χ1v) is 9.17. The highest BCUT2D eigenvalue weighted by Gasteiger charge is 2.18. The normalized spacial score (nSPS) is 10.7. The minimum Gasteiger partial charge on any atom is -0.323 e. The summed E-state index contributed by atoms with van der Waals surface area (Å²) in [6.45, 7) is 5.92. The van der Waals surface area contributed by atoms with Gasteiger partial charge in [-0.3, -0.25) is 9.59 Å². The number of carbonyl (C=O) groups excluding carboxylic acids is 2. The van der Waals surface area contributed by atoms with Crippen LogP contribution in [0, 0.1) is 0 Å². The van der Waals surface area contributed by atoms with Gasteiger partial charge in [-0.2, -0.15) is 0 Å². The molecule has 0 radical (unpaired) electrons. The smallest absolute Gasteiger partial charge is 0.226 e. The van der Waals surface area contributed by atoms with Crippen molar-refractivity contribution in [2.45, 2.75) is 33.1 Å². The summed E-state index contributed by atoms with van der Waals surface area (Å²) < 4.78 is 0. The van der Waals surface area contributed by atoms with Crippen molar-refractivity contribution in [3.63, 3.8) is 0 Å². The summed E-state index contributed by atoms with van der Waals surface area (Å²) in [6, 6.07) is 12.8. The standard InChI is InChI=1S/C20H22Cl2N2O2/c1-13(2)15-7-4-5-10-18(15)24(14(3)25)12-11-19(26)23-20-16(21)8-6-9-17(20)22/h4-10,13H,11-12H2,1-3H3,(H,23,26). The van der Waals surface area contributed by atoms with Gasteiger partial charge in [0, 0.05) is 25.6 Å². The second kappa shape index (κ2) is 9.06. The SMILES string of the molecule is CC(=O)N(CCC(=O)Nc1c(Cl)cccc1Cl)c1ccccc1C(C)C. The molecule has 0 saturated heterocycles. The van der Waals surface area contributed by atoms with Crippen molar-refractivity contribution in [3.05, 3.63) is 58.1 Å². The van der Waals surface area contributed by atoms with Gasteiger partial charge in [0.2, 0.25) is 11.8 Å². The Hall–Kier alpha value is -2.04. The van der Waals surface area contributed by atoms with E-state index in [-0.39, 0.29) is 30.7 Å². The zero-order valence-electron chi connectivity index (χ0n) is 15.1. The van der Waals surface area contributed by atoms with E-state index in [2.05, 4.69) is 19.2 Å². The molecule has 6 heteroatoms. The van der Waals surface area contributed by atoms with Crippen molar-refractivity contribution in [2.24, 2.45) is 0 Å². The lowest BCUT2D eigenvalue weighted by Crippen LogP contribution is -2.32. The number of hydrogen-bond donors (Lipinski definition) is 1. The van der Waals surface area contributed by atoms with Crippen LogP contribution in [0.1, 0.15) is 38.7 Å². The van der Waals surface area contributed by atoms with Crippen LogP contribution in [0.15, 0.2) is 42.5 Å². The van der Waals surface area contributed by atoms with Crippen molar-refractivity contribution >= 4 is 46.4 Å². The van der Waals surface area contributed by atoms with E-state index in [4.69, 9.17) is 23.2 Å². The van der Waals surface area contributed by atoms with E-state index >= 15 is 0 Å². The molecule has 4 nitrogen and oxygen atoms in total. The zero-order valence-corrected chi connectivity index (χ0v) is 16.6. The van der Waals surface area contributed by atoms with Gasteiger partial charge in [0.15, 0.2) is 0 Å². The molecule has 0 aliphatic rings. The molecule has 2 amide bonds. The van der Waals surface area contributed by atoms with Crippen LogP contribution in [-0.2, 0) is 9.59 Å². The minimum atomic E-state index is -0.256. The van der Waals surface area contributed by atoms with E-state index in [9.17, 15) is 9.59 Å². The topological polar surface area (TPSA) is 49.4 Å². The minimum absolute atomic E-state index is 0.110. The average Bonchev–Trinajstić information content (AvgIpc) is 2.58. The summed E-state index contributed by atoms with van der Waals surface area (Å²) in [4.78, 5) is 26.1. The summed E-state index contributed by atoms with van der Waals surface area (Å²) in [5.74, 6) is -0.0984. The highest BCUT2D eigenvalue weighted by molar-refractivity contribution is 6.39. The van der Waals surface area contributed by atoms with E-state index in [0.29, 0.717) is 15.7 Å². The molecule has 0 fully saturated rings. The van der Waals surface area contributed by atoms with E-state index in [1.165, 1.54) is 6.92 Å². The lowest BCUT2D eigenvalue weighted by atomic mass is 10.0. The maximum Gasteiger partial charge on any atom is 0.226 e. The van der Waals surface area contributed by atoms with Crippen LogP contribution in [0.25, 0.3) is 0 Å². The average molecular weight is 393 g/mol. The van der Waals surface area contributed by atoms with Crippen LogP contribution >= 0.6 is 23.2 Å². The quantitative estimate of drug-likeness (QED) is 0.705. The molecule has 138 valence electrons. The number of benzene rings is 2. The molecule has 0 spiro atoms. The predicted molar refractivity (Wildman–Crippen MR) is 108 cm³/mol. The number of amides is 2. The molecule has 0 heterocycles. The fourth-order valence-electron chi connectivity index (χ4n) is 2.70. The summed E-state index contributed by atoms with van der Waals surface area (Å²) in [5, 5.41) is 3.47. The Morgan fingerprint density at radius 1 is 1.04 bits per heavy atom. The third-order valence-electron chi connectivity index (χ3n) is 4.02. The molecule has 1 N–H and O–H groups in total. The van der Waals surface area contributed by atoms with Crippen LogP contribution in [0.5, 0.6) is 0 Å². The van der Waals surface area contributed by atoms with E-state index in [1.807, 2.05) is 24.3 Å². The van der Waals surface area contributed by atoms with Gasteiger partial charge >= 0.3 is 0 Å². The molecule has 26 heavy (non-hydrogen) atoms. The number of nitrogens with zero attached hydrogens (tertiary/aromatic N) is 1. The molecule has 2 aromatic carbocycles. The lowest BCUT2D eigenvalue weighted by molar-refractivity contribution is -0.117. The van der Waals surface area contributed by atoms with Gasteiger partial charge in [-0.15, -0.1) is 0 Å². The van der Waals surface area contributed by atoms with Gasteiger partial charge in [-0.25, -0.2) is 0 Å². The fraction of sp³-hybridized carbons (Fsp3) is 0.300. The van der Waals surface area contributed by atoms with Crippen LogP contribution in [0.3, 0.4) is 0 Å². The molecular formula is C20H22Cl2N2O2. The molecule has 0 unspecified atom stereocenters. The summed E-state index contributed by atoms with van der Waals surface area (Å²) in [6.07, 6.45) is 0.133.